The van der Waals surface area contributed by atoms with Crippen LogP contribution in [-0.2, 0) is 16.0 Å². The molecule has 110 valence electrons. The minimum Gasteiger partial charge on any atom is -0.320 e. The molecule has 1 aliphatic heterocycles. The number of imide groups is 1. The summed E-state index contributed by atoms with van der Waals surface area (Å²) in [5.74, 6) is 5.01. The van der Waals surface area contributed by atoms with E-state index in [9.17, 15) is 9.59 Å². The number of rotatable bonds is 2. The highest BCUT2D eigenvalue weighted by Crippen LogP contribution is 2.33. The molecule has 0 radical (unpaired) electrons. The van der Waals surface area contributed by atoms with Gasteiger partial charge in [0.25, 0.3) is 0 Å². The van der Waals surface area contributed by atoms with Crippen LogP contribution in [0.25, 0.3) is 0 Å². The van der Waals surface area contributed by atoms with Crippen LogP contribution in [0.15, 0.2) is 18.2 Å². The Morgan fingerprint density at radius 3 is 2.33 bits per heavy atom. The largest absolute Gasteiger partial charge is 0.320 e. The Hall–Kier alpha value is -2.12. The van der Waals surface area contributed by atoms with E-state index in [-0.39, 0.29) is 23.7 Å². The van der Waals surface area contributed by atoms with Crippen molar-refractivity contribution in [3.8, 4) is 11.8 Å². The Bertz CT molecular complexity index is 620. The average Bonchev–Trinajstić information content (AvgIpc) is 2.69. The van der Waals surface area contributed by atoms with E-state index in [0.717, 1.165) is 17.5 Å². The van der Waals surface area contributed by atoms with Gasteiger partial charge in [0, 0.05) is 17.4 Å². The molecule has 2 rings (SSSR count). The fourth-order valence-electron chi connectivity index (χ4n) is 2.50. The summed E-state index contributed by atoms with van der Waals surface area (Å²) in [6, 6.07) is 5.55. The minimum absolute atomic E-state index is 0.122. The van der Waals surface area contributed by atoms with Gasteiger partial charge in [-0.15, -0.1) is 0 Å². The molecule has 0 spiro atoms. The van der Waals surface area contributed by atoms with Gasteiger partial charge in [-0.1, -0.05) is 32.6 Å². The predicted octanol–water partition coefficient (Wildman–Crippen LogP) is 1.70. The van der Waals surface area contributed by atoms with Gasteiger partial charge in [0.15, 0.2) is 0 Å². The van der Waals surface area contributed by atoms with Gasteiger partial charge in [-0.25, -0.2) is 4.90 Å². The first-order chi connectivity index (χ1) is 10.0. The van der Waals surface area contributed by atoms with Crippen LogP contribution in [0.4, 0.5) is 5.69 Å². The number of carbonyl (C=O) groups excluding carboxylic acids is 2. The number of hydrogen-bond acceptors (Lipinski definition) is 3. The maximum Gasteiger partial charge on any atom is 0.237 e. The second kappa shape index (κ2) is 6.11. The van der Waals surface area contributed by atoms with Crippen LogP contribution >= 0.6 is 0 Å². The molecule has 2 amide bonds. The van der Waals surface area contributed by atoms with Crippen molar-refractivity contribution >= 4 is 17.5 Å². The fourth-order valence-corrected chi connectivity index (χ4v) is 2.50. The topological polar surface area (TPSA) is 63.4 Å². The lowest BCUT2D eigenvalue weighted by atomic mass is 10.00. The van der Waals surface area contributed by atoms with Gasteiger partial charge in [0.05, 0.1) is 12.2 Å². The lowest BCUT2D eigenvalue weighted by molar-refractivity contribution is -0.122. The quantitative estimate of drug-likeness (QED) is 0.664. The van der Waals surface area contributed by atoms with Gasteiger partial charge in [0.2, 0.25) is 11.8 Å². The van der Waals surface area contributed by atoms with E-state index in [2.05, 4.69) is 11.8 Å². The van der Waals surface area contributed by atoms with E-state index in [0.29, 0.717) is 12.2 Å². The van der Waals surface area contributed by atoms with Crippen LogP contribution in [0.3, 0.4) is 0 Å². The predicted molar refractivity (Wildman–Crippen MR) is 82.6 cm³/mol. The third-order valence-corrected chi connectivity index (χ3v) is 4.01. The number of amides is 2. The summed E-state index contributed by atoms with van der Waals surface area (Å²) in [5, 5.41) is 0. The zero-order valence-corrected chi connectivity index (χ0v) is 12.6. The molecule has 1 heterocycles. The molecule has 4 nitrogen and oxygen atoms in total. The SMILES string of the molecule is CCc1cc(C#CCN)ccc1N1C(=O)C(C)C(C)C1=O. The minimum atomic E-state index is -0.265. The van der Waals surface area contributed by atoms with Gasteiger partial charge < -0.3 is 5.73 Å². The second-order valence-corrected chi connectivity index (χ2v) is 5.29. The highest BCUT2D eigenvalue weighted by molar-refractivity contribution is 6.22. The van der Waals surface area contributed by atoms with Crippen LogP contribution < -0.4 is 10.6 Å². The Kier molecular flexibility index (Phi) is 4.44. The maximum atomic E-state index is 12.3. The van der Waals surface area contributed by atoms with Crippen molar-refractivity contribution in [1.29, 1.82) is 0 Å². The van der Waals surface area contributed by atoms with Crippen molar-refractivity contribution in [2.45, 2.75) is 27.2 Å². The molecule has 0 bridgehead atoms. The number of nitrogens with zero attached hydrogens (tertiary/aromatic N) is 1. The smallest absolute Gasteiger partial charge is 0.237 e. The summed E-state index contributed by atoms with van der Waals surface area (Å²) < 4.78 is 0. The van der Waals surface area contributed by atoms with Crippen LogP contribution in [0.2, 0.25) is 0 Å². The molecule has 2 atom stereocenters. The number of benzene rings is 1. The molecule has 21 heavy (non-hydrogen) atoms. The van der Waals surface area contributed by atoms with Gasteiger partial charge in [0.1, 0.15) is 0 Å². The number of hydrogen-bond donors (Lipinski definition) is 1. The Morgan fingerprint density at radius 2 is 1.81 bits per heavy atom. The Morgan fingerprint density at radius 1 is 1.19 bits per heavy atom. The summed E-state index contributed by atoms with van der Waals surface area (Å²) in [7, 11) is 0. The molecule has 1 aromatic carbocycles. The highest BCUT2D eigenvalue weighted by Gasteiger charge is 2.43. The average molecular weight is 284 g/mol. The van der Waals surface area contributed by atoms with Crippen molar-refractivity contribution in [1.82, 2.24) is 0 Å². The third-order valence-electron chi connectivity index (χ3n) is 4.01. The van der Waals surface area contributed by atoms with E-state index < -0.39 is 0 Å². The van der Waals surface area contributed by atoms with Crippen molar-refractivity contribution in [3.05, 3.63) is 29.3 Å². The van der Waals surface area contributed by atoms with Crippen molar-refractivity contribution in [2.75, 3.05) is 11.4 Å². The van der Waals surface area contributed by atoms with E-state index in [1.165, 1.54) is 4.90 Å². The zero-order chi connectivity index (χ0) is 15.6. The standard InChI is InChI=1S/C17H20N2O2/c1-4-14-10-13(6-5-9-18)7-8-15(14)19-16(20)11(2)12(3)17(19)21/h7-8,10-12H,4,9,18H2,1-3H3. The molecule has 0 aromatic heterocycles. The molecule has 1 fully saturated rings. The molecule has 1 saturated heterocycles. The molecule has 1 aliphatic rings. The summed E-state index contributed by atoms with van der Waals surface area (Å²) in [6.07, 6.45) is 0.729. The van der Waals surface area contributed by atoms with Gasteiger partial charge in [-0.3, -0.25) is 9.59 Å². The van der Waals surface area contributed by atoms with Crippen molar-refractivity contribution in [3.63, 3.8) is 0 Å². The molecule has 4 heteroatoms. The first-order valence-corrected chi connectivity index (χ1v) is 7.20. The lowest BCUT2D eigenvalue weighted by Gasteiger charge is -2.18. The van der Waals surface area contributed by atoms with Crippen LogP contribution in [-0.4, -0.2) is 18.4 Å². The number of nitrogens with two attached hydrogens (primary N) is 1. The number of carbonyl (C=O) groups is 2. The highest BCUT2D eigenvalue weighted by atomic mass is 16.2. The lowest BCUT2D eigenvalue weighted by Crippen LogP contribution is -2.31. The van der Waals surface area contributed by atoms with Crippen molar-refractivity contribution < 1.29 is 9.59 Å². The fraction of sp³-hybridized carbons (Fsp3) is 0.412. The molecule has 2 unspecified atom stereocenters. The first-order valence-electron chi connectivity index (χ1n) is 7.20. The van der Waals surface area contributed by atoms with Crippen LogP contribution in [0.1, 0.15) is 31.9 Å². The van der Waals surface area contributed by atoms with E-state index in [4.69, 9.17) is 5.73 Å². The number of aryl methyl sites for hydroxylation is 1. The van der Waals surface area contributed by atoms with E-state index in [1.54, 1.807) is 19.9 Å². The van der Waals surface area contributed by atoms with E-state index in [1.807, 2.05) is 19.1 Å². The van der Waals surface area contributed by atoms with Gasteiger partial charge >= 0.3 is 0 Å². The van der Waals surface area contributed by atoms with E-state index >= 15 is 0 Å². The van der Waals surface area contributed by atoms with Crippen LogP contribution in [0.5, 0.6) is 0 Å². The molecule has 0 aliphatic carbocycles. The summed E-state index contributed by atoms with van der Waals surface area (Å²) in [5.41, 5.74) is 7.85. The second-order valence-electron chi connectivity index (χ2n) is 5.29. The Balaban J connectivity index is 2.45. The molecule has 0 saturated carbocycles. The molecular weight excluding hydrogens is 264 g/mol. The van der Waals surface area contributed by atoms with Gasteiger partial charge in [-0.05, 0) is 30.2 Å². The molecular formula is C17H20N2O2. The number of anilines is 1. The Labute approximate surface area is 125 Å². The normalized spacial score (nSPS) is 21.4. The monoisotopic (exact) mass is 284 g/mol. The zero-order valence-electron chi connectivity index (χ0n) is 12.6. The maximum absolute atomic E-state index is 12.3. The molecule has 1 aromatic rings. The summed E-state index contributed by atoms with van der Waals surface area (Å²) in [4.78, 5) is 26.0. The molecule has 2 N–H and O–H groups in total. The third kappa shape index (κ3) is 2.70. The van der Waals surface area contributed by atoms with Gasteiger partial charge in [-0.2, -0.15) is 0 Å². The van der Waals surface area contributed by atoms with Crippen molar-refractivity contribution in [2.24, 2.45) is 17.6 Å². The van der Waals surface area contributed by atoms with Crippen LogP contribution in [0, 0.1) is 23.7 Å². The first kappa shape index (κ1) is 15.3. The summed E-state index contributed by atoms with van der Waals surface area (Å²) in [6.45, 7) is 5.91. The summed E-state index contributed by atoms with van der Waals surface area (Å²) >= 11 is 0.